The molecule has 0 spiro atoms. The van der Waals surface area contributed by atoms with Gasteiger partial charge in [-0.1, -0.05) is 6.08 Å². The van der Waals surface area contributed by atoms with Gasteiger partial charge in [-0.3, -0.25) is 0 Å². The Balaban J connectivity index is 3.99. The number of halogens is 1. The minimum atomic E-state index is -1.33. The number of allylic oxidation sites excluding steroid dienone is 1. The summed E-state index contributed by atoms with van der Waals surface area (Å²) >= 11 is 0. The lowest BCUT2D eigenvalue weighted by molar-refractivity contribution is -0.133. The van der Waals surface area contributed by atoms with Crippen molar-refractivity contribution < 1.29 is 14.3 Å². The Labute approximate surface area is 58.5 Å². The van der Waals surface area contributed by atoms with E-state index in [0.717, 1.165) is 0 Å². The molecule has 0 saturated carbocycles. The second-order valence-electron chi connectivity index (χ2n) is 1.77. The van der Waals surface area contributed by atoms with Gasteiger partial charge < -0.3 is 10.4 Å². The van der Waals surface area contributed by atoms with Gasteiger partial charge in [0.15, 0.2) is 6.30 Å². The quantitative estimate of drug-likeness (QED) is 0.460. The minimum Gasteiger partial charge on any atom is -0.477 e. The first-order chi connectivity index (χ1) is 4.57. The maximum Gasteiger partial charge on any atom is 0.351 e. The van der Waals surface area contributed by atoms with Gasteiger partial charge in [-0.15, -0.1) is 0 Å². The van der Waals surface area contributed by atoms with Crippen LogP contribution in [0.3, 0.4) is 0 Å². The van der Waals surface area contributed by atoms with Crippen LogP contribution in [0.5, 0.6) is 0 Å². The van der Waals surface area contributed by atoms with E-state index in [2.05, 4.69) is 5.32 Å². The first kappa shape index (κ1) is 8.94. The maximum atomic E-state index is 12.1. The summed E-state index contributed by atoms with van der Waals surface area (Å²) in [6.45, 7) is 2.76. The molecule has 0 saturated heterocycles. The maximum absolute atomic E-state index is 12.1. The molecule has 0 rings (SSSR count). The van der Waals surface area contributed by atoms with Crippen molar-refractivity contribution in [1.29, 1.82) is 0 Å². The van der Waals surface area contributed by atoms with Gasteiger partial charge in [0.1, 0.15) is 5.70 Å². The Morgan fingerprint density at radius 3 is 2.40 bits per heavy atom. The van der Waals surface area contributed by atoms with Crippen molar-refractivity contribution in [3.05, 3.63) is 11.8 Å². The smallest absolute Gasteiger partial charge is 0.351 e. The van der Waals surface area contributed by atoms with Gasteiger partial charge in [-0.2, -0.15) is 0 Å². The van der Waals surface area contributed by atoms with Gasteiger partial charge in [-0.25, -0.2) is 9.18 Å². The summed E-state index contributed by atoms with van der Waals surface area (Å²) in [6.07, 6.45) is -0.0272. The summed E-state index contributed by atoms with van der Waals surface area (Å²) in [5.74, 6) is -1.15. The molecule has 0 aromatic rings. The van der Waals surface area contributed by atoms with Crippen molar-refractivity contribution in [2.75, 3.05) is 0 Å². The van der Waals surface area contributed by atoms with Crippen molar-refractivity contribution in [3.8, 4) is 0 Å². The van der Waals surface area contributed by atoms with E-state index in [9.17, 15) is 9.18 Å². The van der Waals surface area contributed by atoms with Gasteiger partial charge in [0.2, 0.25) is 0 Å². The van der Waals surface area contributed by atoms with Gasteiger partial charge in [-0.05, 0) is 13.8 Å². The minimum absolute atomic E-state index is 0.116. The molecule has 0 heterocycles. The zero-order chi connectivity index (χ0) is 8.15. The molecular weight excluding hydrogens is 137 g/mol. The van der Waals surface area contributed by atoms with Crippen molar-refractivity contribution in [3.63, 3.8) is 0 Å². The summed E-state index contributed by atoms with van der Waals surface area (Å²) < 4.78 is 12.1. The topological polar surface area (TPSA) is 49.3 Å². The van der Waals surface area contributed by atoms with Gasteiger partial charge >= 0.3 is 5.97 Å². The first-order valence-electron chi connectivity index (χ1n) is 2.88. The Bertz CT molecular complexity index is 154. The molecule has 0 aromatic heterocycles. The summed E-state index contributed by atoms with van der Waals surface area (Å²) in [7, 11) is 0. The van der Waals surface area contributed by atoms with Crippen LogP contribution in [0.4, 0.5) is 4.39 Å². The van der Waals surface area contributed by atoms with E-state index in [1.54, 1.807) is 0 Å². The standard InChI is InChI=1S/C6H10FNO2/c1-3-5(6(9)10)8-4(2)7/h3-4,8H,1-2H3,(H,9,10)/b5-3-. The number of alkyl halides is 1. The third kappa shape index (κ3) is 3.06. The van der Waals surface area contributed by atoms with Crippen LogP contribution in [-0.4, -0.2) is 17.4 Å². The normalized spacial score (nSPS) is 14.5. The molecule has 0 bridgehead atoms. The van der Waals surface area contributed by atoms with E-state index in [-0.39, 0.29) is 5.70 Å². The number of carboxylic acid groups (broad SMARTS) is 1. The molecule has 58 valence electrons. The highest BCUT2D eigenvalue weighted by Gasteiger charge is 2.06. The second kappa shape index (κ2) is 3.87. The number of hydrogen-bond donors (Lipinski definition) is 2. The van der Waals surface area contributed by atoms with Crippen LogP contribution < -0.4 is 5.32 Å². The molecule has 0 amide bonds. The van der Waals surface area contributed by atoms with Crippen LogP contribution in [0.1, 0.15) is 13.8 Å². The van der Waals surface area contributed by atoms with Crippen molar-refractivity contribution >= 4 is 5.97 Å². The zero-order valence-corrected chi connectivity index (χ0v) is 5.89. The summed E-state index contributed by atoms with van der Waals surface area (Å²) in [5.41, 5.74) is -0.116. The number of aliphatic carboxylic acids is 1. The van der Waals surface area contributed by atoms with Gasteiger partial charge in [0.05, 0.1) is 0 Å². The predicted molar refractivity (Wildman–Crippen MR) is 35.1 cm³/mol. The molecule has 4 heteroatoms. The van der Waals surface area contributed by atoms with Crippen LogP contribution in [0, 0.1) is 0 Å². The summed E-state index contributed by atoms with van der Waals surface area (Å²) in [5, 5.41) is 10.4. The molecule has 1 atom stereocenters. The fourth-order valence-electron chi connectivity index (χ4n) is 0.483. The molecule has 10 heavy (non-hydrogen) atoms. The van der Waals surface area contributed by atoms with Gasteiger partial charge in [0, 0.05) is 0 Å². The Morgan fingerprint density at radius 1 is 1.80 bits per heavy atom. The largest absolute Gasteiger partial charge is 0.477 e. The molecule has 2 N–H and O–H groups in total. The first-order valence-corrected chi connectivity index (χ1v) is 2.88. The van der Waals surface area contributed by atoms with E-state index in [0.29, 0.717) is 0 Å². The average Bonchev–Trinajstić information content (AvgIpc) is 1.81. The molecule has 3 nitrogen and oxygen atoms in total. The lowest BCUT2D eigenvalue weighted by atomic mass is 10.4. The fourth-order valence-corrected chi connectivity index (χ4v) is 0.483. The highest BCUT2D eigenvalue weighted by Crippen LogP contribution is 1.92. The molecule has 1 unspecified atom stereocenters. The van der Waals surface area contributed by atoms with Crippen molar-refractivity contribution in [2.24, 2.45) is 0 Å². The van der Waals surface area contributed by atoms with E-state index in [1.807, 2.05) is 0 Å². The molecule has 0 aliphatic carbocycles. The second-order valence-corrected chi connectivity index (χ2v) is 1.77. The Hall–Kier alpha value is -1.06. The fraction of sp³-hybridized carbons (Fsp3) is 0.500. The molecule has 0 aliphatic rings. The predicted octanol–water partition coefficient (Wildman–Crippen LogP) is 0.880. The molecule has 0 aromatic carbocycles. The third-order valence-electron chi connectivity index (χ3n) is 0.873. The van der Waals surface area contributed by atoms with Crippen LogP contribution >= 0.6 is 0 Å². The highest BCUT2D eigenvalue weighted by molar-refractivity contribution is 5.85. The van der Waals surface area contributed by atoms with Crippen LogP contribution in [0.25, 0.3) is 0 Å². The summed E-state index contributed by atoms with van der Waals surface area (Å²) in [4.78, 5) is 10.2. The number of hydrogen-bond acceptors (Lipinski definition) is 2. The monoisotopic (exact) mass is 147 g/mol. The number of carboxylic acids is 1. The molecule has 0 aliphatic heterocycles. The van der Waals surface area contributed by atoms with E-state index in [1.165, 1.54) is 19.9 Å². The third-order valence-corrected chi connectivity index (χ3v) is 0.873. The Morgan fingerprint density at radius 2 is 2.30 bits per heavy atom. The lowest BCUT2D eigenvalue weighted by Gasteiger charge is -2.05. The molecular formula is C6H10FNO2. The number of carbonyl (C=O) groups is 1. The van der Waals surface area contributed by atoms with Gasteiger partial charge in [0.25, 0.3) is 0 Å². The van der Waals surface area contributed by atoms with E-state index < -0.39 is 12.3 Å². The zero-order valence-electron chi connectivity index (χ0n) is 5.89. The number of rotatable bonds is 3. The van der Waals surface area contributed by atoms with Crippen LogP contribution in [-0.2, 0) is 4.79 Å². The van der Waals surface area contributed by atoms with Crippen molar-refractivity contribution in [1.82, 2.24) is 5.32 Å². The molecule has 0 radical (unpaired) electrons. The highest BCUT2D eigenvalue weighted by atomic mass is 19.1. The van der Waals surface area contributed by atoms with Crippen molar-refractivity contribution in [2.45, 2.75) is 20.1 Å². The SMILES string of the molecule is C/C=C(\NC(C)F)C(=O)O. The van der Waals surface area contributed by atoms with Crippen LogP contribution in [0.2, 0.25) is 0 Å². The lowest BCUT2D eigenvalue weighted by Crippen LogP contribution is -2.25. The van der Waals surface area contributed by atoms with E-state index >= 15 is 0 Å². The Kier molecular flexibility index (Phi) is 3.46. The van der Waals surface area contributed by atoms with Crippen LogP contribution in [0.15, 0.2) is 11.8 Å². The van der Waals surface area contributed by atoms with E-state index in [4.69, 9.17) is 5.11 Å². The number of nitrogens with one attached hydrogen (secondary N) is 1. The summed E-state index contributed by atoms with van der Waals surface area (Å²) in [6, 6.07) is 0. The average molecular weight is 147 g/mol. The molecule has 0 fully saturated rings.